The van der Waals surface area contributed by atoms with E-state index in [1.165, 1.54) is 0 Å². The highest BCUT2D eigenvalue weighted by atomic mass is 16.2. The second kappa shape index (κ2) is 8.48. The highest BCUT2D eigenvalue weighted by molar-refractivity contribution is 5.79. The molecule has 0 aromatic heterocycles. The standard InChI is InChI=1S/C14H31N3O/c1-10(2)7-12(9-17(5)6)16-14(18)13(8-15)11(3)4/h10-13H,7-9,15H2,1-6H3,(H,16,18). The number of nitrogens with zero attached hydrogens (tertiary/aromatic N) is 1. The molecule has 18 heavy (non-hydrogen) atoms. The van der Waals surface area contributed by atoms with Gasteiger partial charge in [0.05, 0.1) is 5.92 Å². The summed E-state index contributed by atoms with van der Waals surface area (Å²) in [6.07, 6.45) is 0.999. The van der Waals surface area contributed by atoms with E-state index < -0.39 is 0 Å². The Morgan fingerprint density at radius 2 is 1.78 bits per heavy atom. The minimum absolute atomic E-state index is 0.0816. The molecule has 0 saturated heterocycles. The van der Waals surface area contributed by atoms with Gasteiger partial charge in [-0.25, -0.2) is 0 Å². The quantitative estimate of drug-likeness (QED) is 0.689. The average molecular weight is 257 g/mol. The van der Waals surface area contributed by atoms with Gasteiger partial charge in [-0.3, -0.25) is 4.79 Å². The predicted octanol–water partition coefficient (Wildman–Crippen LogP) is 1.31. The summed E-state index contributed by atoms with van der Waals surface area (Å²) >= 11 is 0. The average Bonchev–Trinajstić information content (AvgIpc) is 2.14. The SMILES string of the molecule is CC(C)CC(CN(C)C)NC(=O)C(CN)C(C)C. The lowest BCUT2D eigenvalue weighted by atomic mass is 9.94. The van der Waals surface area contributed by atoms with E-state index in [1.807, 2.05) is 27.9 Å². The molecule has 0 aromatic rings. The Kier molecular flexibility index (Phi) is 8.20. The van der Waals surface area contributed by atoms with Crippen LogP contribution in [0.3, 0.4) is 0 Å². The van der Waals surface area contributed by atoms with E-state index in [2.05, 4.69) is 24.1 Å². The van der Waals surface area contributed by atoms with E-state index in [0.717, 1.165) is 13.0 Å². The summed E-state index contributed by atoms with van der Waals surface area (Å²) in [6, 6.07) is 0.209. The first-order chi connectivity index (χ1) is 8.27. The first kappa shape index (κ1) is 17.4. The lowest BCUT2D eigenvalue weighted by Gasteiger charge is -2.27. The topological polar surface area (TPSA) is 58.4 Å². The van der Waals surface area contributed by atoms with Crippen molar-refractivity contribution in [2.24, 2.45) is 23.5 Å². The molecule has 3 N–H and O–H groups in total. The number of amides is 1. The summed E-state index contributed by atoms with van der Waals surface area (Å²) in [5.41, 5.74) is 5.68. The van der Waals surface area contributed by atoms with E-state index >= 15 is 0 Å². The number of hydrogen-bond donors (Lipinski definition) is 2. The van der Waals surface area contributed by atoms with Crippen LogP contribution in [0.1, 0.15) is 34.1 Å². The van der Waals surface area contributed by atoms with Gasteiger partial charge in [0.2, 0.25) is 5.91 Å². The summed E-state index contributed by atoms with van der Waals surface area (Å²) in [5.74, 6) is 0.876. The van der Waals surface area contributed by atoms with Crippen LogP contribution in [0.25, 0.3) is 0 Å². The Morgan fingerprint density at radius 3 is 2.11 bits per heavy atom. The molecule has 2 unspecified atom stereocenters. The molecule has 0 aliphatic rings. The molecule has 2 atom stereocenters. The lowest BCUT2D eigenvalue weighted by molar-refractivity contribution is -0.126. The normalized spacial score (nSPS) is 15.2. The molecule has 1 amide bonds. The van der Waals surface area contributed by atoms with Gasteiger partial charge in [-0.1, -0.05) is 27.7 Å². The zero-order chi connectivity index (χ0) is 14.3. The molecule has 0 aliphatic carbocycles. The van der Waals surface area contributed by atoms with E-state index in [-0.39, 0.29) is 23.8 Å². The van der Waals surface area contributed by atoms with E-state index in [1.54, 1.807) is 0 Å². The van der Waals surface area contributed by atoms with Crippen LogP contribution in [0, 0.1) is 17.8 Å². The maximum Gasteiger partial charge on any atom is 0.224 e. The van der Waals surface area contributed by atoms with Gasteiger partial charge in [0.25, 0.3) is 0 Å². The molecule has 0 fully saturated rings. The molecule has 0 heterocycles. The van der Waals surface area contributed by atoms with Crippen LogP contribution in [-0.2, 0) is 4.79 Å². The van der Waals surface area contributed by atoms with Gasteiger partial charge in [-0.15, -0.1) is 0 Å². The van der Waals surface area contributed by atoms with Gasteiger partial charge in [0.1, 0.15) is 0 Å². The monoisotopic (exact) mass is 257 g/mol. The van der Waals surface area contributed by atoms with E-state index in [9.17, 15) is 4.79 Å². The van der Waals surface area contributed by atoms with Gasteiger partial charge in [0, 0.05) is 19.1 Å². The second-order valence-corrected chi connectivity index (χ2v) is 6.18. The highest BCUT2D eigenvalue weighted by Gasteiger charge is 2.23. The van der Waals surface area contributed by atoms with Crippen LogP contribution < -0.4 is 11.1 Å². The molecule has 0 rings (SSSR count). The molecule has 4 nitrogen and oxygen atoms in total. The van der Waals surface area contributed by atoms with Crippen LogP contribution in [0.4, 0.5) is 0 Å². The molecule has 0 bridgehead atoms. The summed E-state index contributed by atoms with van der Waals surface area (Å²) in [7, 11) is 4.06. The van der Waals surface area contributed by atoms with Crippen molar-refractivity contribution < 1.29 is 4.79 Å². The fraction of sp³-hybridized carbons (Fsp3) is 0.929. The molecule has 4 heteroatoms. The molecule has 0 saturated carbocycles. The van der Waals surface area contributed by atoms with Crippen molar-refractivity contribution >= 4 is 5.91 Å². The molecular formula is C14H31N3O. The van der Waals surface area contributed by atoms with Crippen molar-refractivity contribution in [2.75, 3.05) is 27.2 Å². The molecule has 0 aromatic carbocycles. The molecule has 108 valence electrons. The number of hydrogen-bond acceptors (Lipinski definition) is 3. The molecule has 0 aliphatic heterocycles. The van der Waals surface area contributed by atoms with Crippen LogP contribution in [0.15, 0.2) is 0 Å². The molecular weight excluding hydrogens is 226 g/mol. The van der Waals surface area contributed by atoms with Gasteiger partial charge >= 0.3 is 0 Å². The third-order valence-corrected chi connectivity index (χ3v) is 3.08. The number of nitrogens with two attached hydrogens (primary N) is 1. The zero-order valence-electron chi connectivity index (χ0n) is 12.9. The Hall–Kier alpha value is -0.610. The zero-order valence-corrected chi connectivity index (χ0v) is 12.9. The van der Waals surface area contributed by atoms with Gasteiger partial charge in [0.15, 0.2) is 0 Å². The lowest BCUT2D eigenvalue weighted by Crippen LogP contribution is -2.47. The summed E-state index contributed by atoms with van der Waals surface area (Å²) in [5, 5.41) is 3.15. The van der Waals surface area contributed by atoms with Crippen LogP contribution in [0.5, 0.6) is 0 Å². The summed E-state index contributed by atoms with van der Waals surface area (Å²) in [4.78, 5) is 14.3. The second-order valence-electron chi connectivity index (χ2n) is 6.18. The van der Waals surface area contributed by atoms with E-state index in [0.29, 0.717) is 12.5 Å². The minimum Gasteiger partial charge on any atom is -0.352 e. The molecule has 0 spiro atoms. The smallest absolute Gasteiger partial charge is 0.224 e. The number of likely N-dealkylation sites (N-methyl/N-ethyl adjacent to an activating group) is 1. The third-order valence-electron chi connectivity index (χ3n) is 3.08. The fourth-order valence-electron chi connectivity index (χ4n) is 2.18. The number of carbonyl (C=O) groups excluding carboxylic acids is 1. The van der Waals surface area contributed by atoms with Gasteiger partial charge in [-0.2, -0.15) is 0 Å². The first-order valence-corrected chi connectivity index (χ1v) is 6.93. The fourth-order valence-corrected chi connectivity index (χ4v) is 2.18. The van der Waals surface area contributed by atoms with Crippen molar-refractivity contribution in [3.05, 3.63) is 0 Å². The first-order valence-electron chi connectivity index (χ1n) is 6.93. The van der Waals surface area contributed by atoms with Crippen molar-refractivity contribution in [1.29, 1.82) is 0 Å². The Labute approximate surface area is 112 Å². The Morgan fingerprint density at radius 1 is 1.22 bits per heavy atom. The number of nitrogens with one attached hydrogen (secondary N) is 1. The third kappa shape index (κ3) is 6.97. The Balaban J connectivity index is 4.50. The van der Waals surface area contributed by atoms with Crippen LogP contribution in [0.2, 0.25) is 0 Å². The summed E-state index contributed by atoms with van der Waals surface area (Å²) in [6.45, 7) is 9.73. The van der Waals surface area contributed by atoms with Crippen molar-refractivity contribution in [2.45, 2.75) is 40.2 Å². The molecule has 0 radical (unpaired) electrons. The van der Waals surface area contributed by atoms with Gasteiger partial charge in [-0.05, 0) is 32.4 Å². The highest BCUT2D eigenvalue weighted by Crippen LogP contribution is 2.11. The summed E-state index contributed by atoms with van der Waals surface area (Å²) < 4.78 is 0. The minimum atomic E-state index is -0.0816. The van der Waals surface area contributed by atoms with E-state index in [4.69, 9.17) is 5.73 Å². The Bertz CT molecular complexity index is 229. The van der Waals surface area contributed by atoms with Crippen molar-refractivity contribution in [3.63, 3.8) is 0 Å². The maximum atomic E-state index is 12.2. The van der Waals surface area contributed by atoms with Gasteiger partial charge < -0.3 is 16.0 Å². The van der Waals surface area contributed by atoms with Crippen molar-refractivity contribution in [1.82, 2.24) is 10.2 Å². The maximum absolute atomic E-state index is 12.2. The largest absolute Gasteiger partial charge is 0.352 e. The van der Waals surface area contributed by atoms with Crippen LogP contribution >= 0.6 is 0 Å². The van der Waals surface area contributed by atoms with Crippen molar-refractivity contribution in [3.8, 4) is 0 Å². The number of carbonyl (C=O) groups is 1. The van der Waals surface area contributed by atoms with Crippen LogP contribution in [-0.4, -0.2) is 44.0 Å². The predicted molar refractivity (Wildman–Crippen MR) is 77.3 cm³/mol. The number of rotatable bonds is 8.